The Morgan fingerprint density at radius 2 is 1.96 bits per heavy atom. The molecular formula is C19H28IN3OS. The Balaban J connectivity index is 0.00000312. The van der Waals surface area contributed by atoms with Gasteiger partial charge in [-0.1, -0.05) is 37.3 Å². The molecule has 2 aromatic rings. The molecule has 138 valence electrons. The van der Waals surface area contributed by atoms with Crippen LogP contribution in [0.5, 0.6) is 0 Å². The van der Waals surface area contributed by atoms with Gasteiger partial charge in [-0.3, -0.25) is 0 Å². The molecule has 25 heavy (non-hydrogen) atoms. The second kappa shape index (κ2) is 13.1. The number of hydrogen-bond donors (Lipinski definition) is 2. The first kappa shape index (κ1) is 21.9. The van der Waals surface area contributed by atoms with Gasteiger partial charge in [0.15, 0.2) is 5.96 Å². The third kappa shape index (κ3) is 9.23. The van der Waals surface area contributed by atoms with Crippen LogP contribution in [-0.2, 0) is 17.9 Å². The molecule has 4 nitrogen and oxygen atoms in total. The maximum atomic E-state index is 5.79. The van der Waals surface area contributed by atoms with E-state index in [4.69, 9.17) is 4.74 Å². The summed E-state index contributed by atoms with van der Waals surface area (Å²) in [5.74, 6) is 1.28. The van der Waals surface area contributed by atoms with Crippen molar-refractivity contribution in [3.8, 4) is 0 Å². The molecule has 1 atom stereocenters. The third-order valence-corrected chi connectivity index (χ3v) is 4.21. The van der Waals surface area contributed by atoms with Gasteiger partial charge in [-0.05, 0) is 40.8 Å². The highest BCUT2D eigenvalue weighted by Crippen LogP contribution is 2.07. The van der Waals surface area contributed by atoms with Crippen molar-refractivity contribution < 1.29 is 4.74 Å². The van der Waals surface area contributed by atoms with E-state index in [1.807, 2.05) is 18.2 Å². The summed E-state index contributed by atoms with van der Waals surface area (Å²) in [5, 5.41) is 10.9. The van der Waals surface area contributed by atoms with Gasteiger partial charge in [0.1, 0.15) is 0 Å². The number of aliphatic imine (C=N–C) groups is 1. The van der Waals surface area contributed by atoms with Crippen molar-refractivity contribution in [1.29, 1.82) is 0 Å². The number of nitrogens with zero attached hydrogens (tertiary/aromatic N) is 1. The first-order valence-electron chi connectivity index (χ1n) is 8.43. The lowest BCUT2D eigenvalue weighted by Crippen LogP contribution is -2.40. The van der Waals surface area contributed by atoms with Crippen molar-refractivity contribution in [1.82, 2.24) is 10.6 Å². The summed E-state index contributed by atoms with van der Waals surface area (Å²) in [7, 11) is 0. The highest BCUT2D eigenvalue weighted by atomic mass is 127. The van der Waals surface area contributed by atoms with Gasteiger partial charge in [-0.25, -0.2) is 4.99 Å². The van der Waals surface area contributed by atoms with E-state index in [0.717, 1.165) is 25.7 Å². The Morgan fingerprint density at radius 1 is 1.16 bits per heavy atom. The minimum Gasteiger partial charge on any atom is -0.376 e. The van der Waals surface area contributed by atoms with E-state index in [0.29, 0.717) is 19.1 Å². The third-order valence-electron chi connectivity index (χ3n) is 3.48. The minimum atomic E-state index is 0. The SMILES string of the molecule is CCNC(=NCc1ccsc1)NCC(C)COCc1ccccc1.I. The first-order valence-corrected chi connectivity index (χ1v) is 9.37. The molecule has 1 aromatic heterocycles. The van der Waals surface area contributed by atoms with E-state index >= 15 is 0 Å². The predicted molar refractivity (Wildman–Crippen MR) is 118 cm³/mol. The van der Waals surface area contributed by atoms with Gasteiger partial charge in [0, 0.05) is 13.1 Å². The predicted octanol–water partition coefficient (Wildman–Crippen LogP) is 4.27. The second-order valence-electron chi connectivity index (χ2n) is 5.81. The van der Waals surface area contributed by atoms with E-state index in [-0.39, 0.29) is 24.0 Å². The molecule has 0 bridgehead atoms. The lowest BCUT2D eigenvalue weighted by molar-refractivity contribution is 0.0931. The lowest BCUT2D eigenvalue weighted by Gasteiger charge is -2.16. The quantitative estimate of drug-likeness (QED) is 0.325. The van der Waals surface area contributed by atoms with Crippen molar-refractivity contribution >= 4 is 41.3 Å². The monoisotopic (exact) mass is 473 g/mol. The van der Waals surface area contributed by atoms with Gasteiger partial charge in [0.2, 0.25) is 0 Å². The smallest absolute Gasteiger partial charge is 0.191 e. The maximum absolute atomic E-state index is 5.79. The number of thiophene rings is 1. The maximum Gasteiger partial charge on any atom is 0.191 e. The number of hydrogen-bond acceptors (Lipinski definition) is 3. The Hall–Kier alpha value is -1.12. The van der Waals surface area contributed by atoms with Crippen LogP contribution in [0.1, 0.15) is 25.0 Å². The van der Waals surface area contributed by atoms with Gasteiger partial charge in [-0.2, -0.15) is 11.3 Å². The van der Waals surface area contributed by atoms with Crippen LogP contribution in [0, 0.1) is 5.92 Å². The fourth-order valence-electron chi connectivity index (χ4n) is 2.18. The van der Waals surface area contributed by atoms with Crippen LogP contribution < -0.4 is 10.6 Å². The topological polar surface area (TPSA) is 45.7 Å². The first-order chi connectivity index (χ1) is 11.8. The molecule has 0 spiro atoms. The van der Waals surface area contributed by atoms with Gasteiger partial charge in [0.25, 0.3) is 0 Å². The van der Waals surface area contributed by atoms with Gasteiger partial charge in [0.05, 0.1) is 19.8 Å². The number of halogens is 1. The van der Waals surface area contributed by atoms with Crippen molar-refractivity contribution in [3.63, 3.8) is 0 Å². The number of benzene rings is 1. The van der Waals surface area contributed by atoms with Gasteiger partial charge in [-0.15, -0.1) is 24.0 Å². The molecule has 0 aliphatic rings. The Kier molecular flexibility index (Phi) is 11.5. The molecular weight excluding hydrogens is 445 g/mol. The second-order valence-corrected chi connectivity index (χ2v) is 6.59. The molecule has 1 unspecified atom stereocenters. The summed E-state index contributed by atoms with van der Waals surface area (Å²) in [6.45, 7) is 8.05. The Bertz CT molecular complexity index is 590. The van der Waals surface area contributed by atoms with Gasteiger partial charge < -0.3 is 15.4 Å². The average Bonchev–Trinajstić information content (AvgIpc) is 3.12. The van der Waals surface area contributed by atoms with E-state index in [1.165, 1.54) is 11.1 Å². The zero-order chi connectivity index (χ0) is 17.0. The van der Waals surface area contributed by atoms with Crippen LogP contribution >= 0.6 is 35.3 Å². The van der Waals surface area contributed by atoms with E-state index in [2.05, 4.69) is 58.4 Å². The summed E-state index contributed by atoms with van der Waals surface area (Å²) < 4.78 is 5.79. The molecule has 6 heteroatoms. The molecule has 0 radical (unpaired) electrons. The zero-order valence-corrected chi connectivity index (χ0v) is 18.1. The summed E-state index contributed by atoms with van der Waals surface area (Å²) in [6, 6.07) is 12.4. The standard InChI is InChI=1S/C19H27N3OS.HI/c1-3-20-19(22-12-18-9-10-24-15-18)21-11-16(2)13-23-14-17-7-5-4-6-8-17;/h4-10,15-16H,3,11-14H2,1-2H3,(H2,20,21,22);1H. The van der Waals surface area contributed by atoms with E-state index in [9.17, 15) is 0 Å². The van der Waals surface area contributed by atoms with Crippen molar-refractivity contribution in [2.75, 3.05) is 19.7 Å². The highest BCUT2D eigenvalue weighted by molar-refractivity contribution is 14.0. The van der Waals surface area contributed by atoms with Crippen LogP contribution in [-0.4, -0.2) is 25.7 Å². The lowest BCUT2D eigenvalue weighted by atomic mass is 10.2. The molecule has 2 rings (SSSR count). The zero-order valence-electron chi connectivity index (χ0n) is 14.9. The fourth-order valence-corrected chi connectivity index (χ4v) is 2.84. The van der Waals surface area contributed by atoms with Gasteiger partial charge >= 0.3 is 0 Å². The summed E-state index contributed by atoms with van der Waals surface area (Å²) in [4.78, 5) is 4.62. The largest absolute Gasteiger partial charge is 0.376 e. The molecule has 0 aliphatic heterocycles. The Labute approximate surface area is 172 Å². The van der Waals surface area contributed by atoms with Crippen molar-refractivity contribution in [2.45, 2.75) is 27.0 Å². The Morgan fingerprint density at radius 3 is 2.64 bits per heavy atom. The molecule has 0 saturated heterocycles. The molecule has 0 saturated carbocycles. The van der Waals surface area contributed by atoms with E-state index < -0.39 is 0 Å². The summed E-state index contributed by atoms with van der Waals surface area (Å²) in [5.41, 5.74) is 2.46. The van der Waals surface area contributed by atoms with E-state index in [1.54, 1.807) is 11.3 Å². The van der Waals surface area contributed by atoms with Crippen molar-refractivity contribution in [3.05, 3.63) is 58.3 Å². The number of nitrogens with one attached hydrogen (secondary N) is 2. The van der Waals surface area contributed by atoms with Crippen LogP contribution in [0.4, 0.5) is 0 Å². The molecule has 0 fully saturated rings. The highest BCUT2D eigenvalue weighted by Gasteiger charge is 2.05. The number of rotatable bonds is 9. The molecule has 0 aliphatic carbocycles. The van der Waals surface area contributed by atoms with Crippen molar-refractivity contribution in [2.24, 2.45) is 10.9 Å². The number of guanidine groups is 1. The molecule has 2 N–H and O–H groups in total. The number of ether oxygens (including phenoxy) is 1. The average molecular weight is 473 g/mol. The molecule has 1 aromatic carbocycles. The minimum absolute atomic E-state index is 0. The van der Waals surface area contributed by atoms with Crippen LogP contribution in [0.15, 0.2) is 52.2 Å². The van der Waals surface area contributed by atoms with Crippen LogP contribution in [0.2, 0.25) is 0 Å². The molecule has 0 amide bonds. The fraction of sp³-hybridized carbons (Fsp3) is 0.421. The normalized spacial score (nSPS) is 12.3. The summed E-state index contributed by atoms with van der Waals surface area (Å²) in [6.07, 6.45) is 0. The van der Waals surface area contributed by atoms with Crippen LogP contribution in [0.3, 0.4) is 0 Å². The molecule has 1 heterocycles. The summed E-state index contributed by atoms with van der Waals surface area (Å²) >= 11 is 1.70. The van der Waals surface area contributed by atoms with Crippen LogP contribution in [0.25, 0.3) is 0 Å².